The predicted molar refractivity (Wildman–Crippen MR) is 123 cm³/mol. The highest BCUT2D eigenvalue weighted by molar-refractivity contribution is 9.10. The van der Waals surface area contributed by atoms with Crippen molar-refractivity contribution < 1.29 is 0 Å². The molecule has 0 fully saturated rings. The molecule has 0 bridgehead atoms. The standard InChI is InChI=1S/C25H15BrN4/c26-17-10-8-16(9-11-17)19-13-24(23-7-3-4-12-28-23)30-25(20(19)14-27)21-15-29-22-6-2-1-5-18(21)22/h1-13,15,29H. The Kier molecular flexibility index (Phi) is 4.62. The number of para-hydroxylation sites is 1. The Morgan fingerprint density at radius 1 is 0.867 bits per heavy atom. The van der Waals surface area contributed by atoms with Gasteiger partial charge in [-0.1, -0.05) is 52.3 Å². The Balaban J connectivity index is 1.84. The Bertz CT molecular complexity index is 1400. The van der Waals surface area contributed by atoms with Crippen molar-refractivity contribution in [3.63, 3.8) is 0 Å². The summed E-state index contributed by atoms with van der Waals surface area (Å²) in [7, 11) is 0. The second-order valence-electron chi connectivity index (χ2n) is 6.86. The third-order valence-electron chi connectivity index (χ3n) is 5.06. The van der Waals surface area contributed by atoms with Crippen LogP contribution in [0.3, 0.4) is 0 Å². The molecule has 5 rings (SSSR count). The third-order valence-corrected chi connectivity index (χ3v) is 5.59. The van der Waals surface area contributed by atoms with Crippen molar-refractivity contribution in [3.8, 4) is 39.8 Å². The second kappa shape index (κ2) is 7.58. The maximum Gasteiger partial charge on any atom is 0.102 e. The highest BCUT2D eigenvalue weighted by Crippen LogP contribution is 2.37. The topological polar surface area (TPSA) is 65.4 Å². The molecule has 3 aromatic heterocycles. The smallest absolute Gasteiger partial charge is 0.102 e. The number of rotatable bonds is 3. The molecule has 0 atom stereocenters. The van der Waals surface area contributed by atoms with Crippen molar-refractivity contribution in [1.82, 2.24) is 15.0 Å². The van der Waals surface area contributed by atoms with E-state index >= 15 is 0 Å². The van der Waals surface area contributed by atoms with E-state index in [4.69, 9.17) is 4.98 Å². The number of nitrogens with one attached hydrogen (secondary N) is 1. The van der Waals surface area contributed by atoms with Crippen molar-refractivity contribution in [3.05, 3.63) is 95.2 Å². The van der Waals surface area contributed by atoms with Crippen LogP contribution < -0.4 is 0 Å². The number of pyridine rings is 2. The summed E-state index contributed by atoms with van der Waals surface area (Å²) in [6.07, 6.45) is 3.67. The quantitative estimate of drug-likeness (QED) is 0.336. The van der Waals surface area contributed by atoms with Gasteiger partial charge in [-0.15, -0.1) is 0 Å². The molecule has 30 heavy (non-hydrogen) atoms. The summed E-state index contributed by atoms with van der Waals surface area (Å²) in [6.45, 7) is 0. The van der Waals surface area contributed by atoms with Crippen LogP contribution in [0.4, 0.5) is 0 Å². The van der Waals surface area contributed by atoms with Crippen LogP contribution in [-0.2, 0) is 0 Å². The number of aromatic amines is 1. The van der Waals surface area contributed by atoms with Gasteiger partial charge in [0.2, 0.25) is 0 Å². The zero-order valence-electron chi connectivity index (χ0n) is 15.8. The fourth-order valence-electron chi connectivity index (χ4n) is 3.62. The van der Waals surface area contributed by atoms with E-state index in [-0.39, 0.29) is 0 Å². The molecule has 0 unspecified atom stereocenters. The molecule has 0 radical (unpaired) electrons. The van der Waals surface area contributed by atoms with Crippen LogP contribution in [0.5, 0.6) is 0 Å². The second-order valence-corrected chi connectivity index (χ2v) is 7.78. The van der Waals surface area contributed by atoms with Crippen molar-refractivity contribution >= 4 is 26.8 Å². The van der Waals surface area contributed by atoms with Gasteiger partial charge in [-0.05, 0) is 42.0 Å². The molecule has 142 valence electrons. The van der Waals surface area contributed by atoms with E-state index in [9.17, 15) is 5.26 Å². The maximum absolute atomic E-state index is 10.1. The largest absolute Gasteiger partial charge is 0.360 e. The number of aromatic nitrogens is 3. The lowest BCUT2D eigenvalue weighted by Gasteiger charge is -2.12. The van der Waals surface area contributed by atoms with Gasteiger partial charge in [-0.2, -0.15) is 5.26 Å². The van der Waals surface area contributed by atoms with E-state index in [1.807, 2.05) is 79.0 Å². The van der Waals surface area contributed by atoms with Crippen LogP contribution in [0.1, 0.15) is 5.56 Å². The molecule has 0 amide bonds. The molecule has 5 aromatic rings. The molecule has 0 aliphatic rings. The average molecular weight is 451 g/mol. The summed E-state index contributed by atoms with van der Waals surface area (Å²) in [4.78, 5) is 12.7. The van der Waals surface area contributed by atoms with Gasteiger partial charge in [0.1, 0.15) is 6.07 Å². The normalized spacial score (nSPS) is 10.8. The highest BCUT2D eigenvalue weighted by atomic mass is 79.9. The highest BCUT2D eigenvalue weighted by Gasteiger charge is 2.19. The van der Waals surface area contributed by atoms with Gasteiger partial charge in [-0.3, -0.25) is 4.98 Å². The Labute approximate surface area is 182 Å². The van der Waals surface area contributed by atoms with E-state index in [1.165, 1.54) is 0 Å². The van der Waals surface area contributed by atoms with Crippen LogP contribution in [0.25, 0.3) is 44.7 Å². The van der Waals surface area contributed by atoms with Gasteiger partial charge in [0, 0.05) is 38.9 Å². The molecule has 0 aliphatic carbocycles. The van der Waals surface area contributed by atoms with Crippen LogP contribution in [-0.4, -0.2) is 15.0 Å². The van der Waals surface area contributed by atoms with E-state index < -0.39 is 0 Å². The molecule has 0 aliphatic heterocycles. The molecule has 0 spiro atoms. The summed E-state index contributed by atoms with van der Waals surface area (Å²) in [5, 5.41) is 11.2. The first-order valence-corrected chi connectivity index (χ1v) is 10.2. The third kappa shape index (κ3) is 3.18. The van der Waals surface area contributed by atoms with Crippen molar-refractivity contribution in [2.24, 2.45) is 0 Å². The van der Waals surface area contributed by atoms with Gasteiger partial charge >= 0.3 is 0 Å². The van der Waals surface area contributed by atoms with Crippen LogP contribution in [0.2, 0.25) is 0 Å². The lowest BCUT2D eigenvalue weighted by Crippen LogP contribution is -1.97. The van der Waals surface area contributed by atoms with Crippen molar-refractivity contribution in [1.29, 1.82) is 5.26 Å². The molecule has 0 saturated carbocycles. The van der Waals surface area contributed by atoms with Crippen LogP contribution >= 0.6 is 15.9 Å². The van der Waals surface area contributed by atoms with E-state index in [2.05, 4.69) is 32.0 Å². The molecule has 4 nitrogen and oxygen atoms in total. The Hall–Kier alpha value is -3.75. The molecule has 1 N–H and O–H groups in total. The summed E-state index contributed by atoms with van der Waals surface area (Å²) in [5.41, 5.74) is 6.38. The van der Waals surface area contributed by atoms with E-state index in [0.717, 1.165) is 43.5 Å². The first kappa shape index (κ1) is 18.3. The van der Waals surface area contributed by atoms with Crippen LogP contribution in [0, 0.1) is 11.3 Å². The molecule has 2 aromatic carbocycles. The summed E-state index contributed by atoms with van der Waals surface area (Å²) >= 11 is 3.49. The molecular weight excluding hydrogens is 436 g/mol. The number of H-pyrrole nitrogens is 1. The molecule has 3 heterocycles. The molecular formula is C25H15BrN4. The lowest BCUT2D eigenvalue weighted by molar-refractivity contribution is 1.24. The molecule has 0 saturated heterocycles. The van der Waals surface area contributed by atoms with Gasteiger partial charge < -0.3 is 4.98 Å². The van der Waals surface area contributed by atoms with Gasteiger partial charge in [0.05, 0.1) is 22.6 Å². The number of halogens is 1. The Morgan fingerprint density at radius 3 is 2.43 bits per heavy atom. The minimum absolute atomic E-state index is 0.543. The minimum atomic E-state index is 0.543. The fourth-order valence-corrected chi connectivity index (χ4v) is 3.89. The zero-order valence-corrected chi connectivity index (χ0v) is 17.4. The predicted octanol–water partition coefficient (Wildman–Crippen LogP) is 6.59. The fraction of sp³-hybridized carbons (Fsp3) is 0. The van der Waals surface area contributed by atoms with Gasteiger partial charge in [-0.25, -0.2) is 4.98 Å². The zero-order chi connectivity index (χ0) is 20.5. The number of hydrogen-bond acceptors (Lipinski definition) is 3. The first-order chi connectivity index (χ1) is 14.7. The van der Waals surface area contributed by atoms with Crippen molar-refractivity contribution in [2.45, 2.75) is 0 Å². The van der Waals surface area contributed by atoms with E-state index in [1.54, 1.807) is 6.20 Å². The summed E-state index contributed by atoms with van der Waals surface area (Å²) in [6, 6.07) is 26.1. The Morgan fingerprint density at radius 2 is 1.67 bits per heavy atom. The molecule has 5 heteroatoms. The number of benzene rings is 2. The first-order valence-electron chi connectivity index (χ1n) is 9.43. The number of nitriles is 1. The summed E-state index contributed by atoms with van der Waals surface area (Å²) in [5.74, 6) is 0. The SMILES string of the molecule is N#Cc1c(-c2ccc(Br)cc2)cc(-c2ccccn2)nc1-c1c[nH]c2ccccc12. The number of nitrogens with zero attached hydrogens (tertiary/aromatic N) is 3. The van der Waals surface area contributed by atoms with Gasteiger partial charge in [0.15, 0.2) is 0 Å². The lowest BCUT2D eigenvalue weighted by atomic mass is 9.95. The van der Waals surface area contributed by atoms with Gasteiger partial charge in [0.25, 0.3) is 0 Å². The van der Waals surface area contributed by atoms with E-state index in [0.29, 0.717) is 11.3 Å². The van der Waals surface area contributed by atoms with Crippen LogP contribution in [0.15, 0.2) is 89.7 Å². The number of hydrogen-bond donors (Lipinski definition) is 1. The summed E-state index contributed by atoms with van der Waals surface area (Å²) < 4.78 is 0.987. The minimum Gasteiger partial charge on any atom is -0.360 e. The maximum atomic E-state index is 10.1. The number of fused-ring (bicyclic) bond motifs is 1. The monoisotopic (exact) mass is 450 g/mol. The average Bonchev–Trinajstić information content (AvgIpc) is 3.23. The van der Waals surface area contributed by atoms with Crippen molar-refractivity contribution in [2.75, 3.05) is 0 Å².